The highest BCUT2D eigenvalue weighted by molar-refractivity contribution is 5.82. The Morgan fingerprint density at radius 1 is 1.65 bits per heavy atom. The summed E-state index contributed by atoms with van der Waals surface area (Å²) in [6.45, 7) is 1.59. The van der Waals surface area contributed by atoms with Crippen LogP contribution in [-0.4, -0.2) is 47.8 Å². The van der Waals surface area contributed by atoms with Crippen molar-refractivity contribution in [1.82, 2.24) is 20.0 Å². The largest absolute Gasteiger partial charge is 0.354 e. The fraction of sp³-hybridized carbons (Fsp3) is 0.636. The predicted octanol–water partition coefficient (Wildman–Crippen LogP) is -0.512. The molecule has 17 heavy (non-hydrogen) atoms. The summed E-state index contributed by atoms with van der Waals surface area (Å²) in [5.41, 5.74) is 6.55. The zero-order valence-electron chi connectivity index (χ0n) is 10.7. The minimum atomic E-state index is -0.636. The van der Waals surface area contributed by atoms with Crippen molar-refractivity contribution in [3.8, 4) is 0 Å². The number of hydrogen-bond acceptors (Lipinski definition) is 4. The van der Waals surface area contributed by atoms with Gasteiger partial charge in [-0.15, -0.1) is 0 Å². The van der Waals surface area contributed by atoms with Crippen LogP contribution in [0.3, 0.4) is 0 Å². The van der Waals surface area contributed by atoms with Gasteiger partial charge in [-0.3, -0.25) is 9.48 Å². The molecule has 0 aliphatic heterocycles. The van der Waals surface area contributed by atoms with Crippen LogP contribution in [0.1, 0.15) is 18.0 Å². The van der Waals surface area contributed by atoms with E-state index in [1.807, 2.05) is 14.1 Å². The molecule has 0 aliphatic carbocycles. The van der Waals surface area contributed by atoms with Crippen LogP contribution < -0.4 is 11.1 Å². The average Bonchev–Trinajstić information content (AvgIpc) is 2.69. The van der Waals surface area contributed by atoms with Gasteiger partial charge in [0.2, 0.25) is 5.91 Å². The normalized spacial score (nSPS) is 12.8. The van der Waals surface area contributed by atoms with Gasteiger partial charge in [0.15, 0.2) is 0 Å². The highest BCUT2D eigenvalue weighted by atomic mass is 16.2. The minimum Gasteiger partial charge on any atom is -0.354 e. The molecule has 0 spiro atoms. The van der Waals surface area contributed by atoms with Crippen LogP contribution in [0.2, 0.25) is 0 Å². The second-order valence-electron chi connectivity index (χ2n) is 4.37. The highest BCUT2D eigenvalue weighted by Gasteiger charge is 2.16. The van der Waals surface area contributed by atoms with E-state index in [4.69, 9.17) is 5.73 Å². The Morgan fingerprint density at radius 2 is 2.35 bits per heavy atom. The van der Waals surface area contributed by atoms with E-state index in [-0.39, 0.29) is 5.91 Å². The molecule has 1 amide bonds. The van der Waals surface area contributed by atoms with E-state index < -0.39 is 6.04 Å². The third-order valence-electron chi connectivity index (χ3n) is 2.45. The Hall–Kier alpha value is -1.40. The maximum absolute atomic E-state index is 11.7. The van der Waals surface area contributed by atoms with Crippen molar-refractivity contribution in [3.63, 3.8) is 0 Å². The van der Waals surface area contributed by atoms with E-state index in [9.17, 15) is 4.79 Å². The molecule has 0 saturated carbocycles. The fourth-order valence-corrected chi connectivity index (χ4v) is 1.47. The molecule has 0 aliphatic rings. The van der Waals surface area contributed by atoms with Crippen LogP contribution in [0.25, 0.3) is 0 Å². The molecule has 0 fully saturated rings. The molecule has 1 heterocycles. The standard InChI is InChI=1S/C11H21N5O/c1-15(2)6-4-5-13-11(17)10(12)9-7-14-16(3)8-9/h7-8,10H,4-6,12H2,1-3H3,(H,13,17). The molecule has 6 nitrogen and oxygen atoms in total. The van der Waals surface area contributed by atoms with E-state index in [1.165, 1.54) is 0 Å². The Morgan fingerprint density at radius 3 is 2.88 bits per heavy atom. The Kier molecular flexibility index (Phi) is 5.11. The number of nitrogens with two attached hydrogens (primary N) is 1. The van der Waals surface area contributed by atoms with Crippen molar-refractivity contribution in [2.75, 3.05) is 27.2 Å². The summed E-state index contributed by atoms with van der Waals surface area (Å²) in [6.07, 6.45) is 4.28. The molecule has 96 valence electrons. The molecular formula is C11H21N5O. The van der Waals surface area contributed by atoms with E-state index in [1.54, 1.807) is 24.1 Å². The first kappa shape index (κ1) is 13.7. The second-order valence-corrected chi connectivity index (χ2v) is 4.37. The second kappa shape index (κ2) is 6.36. The van der Waals surface area contributed by atoms with Crippen molar-refractivity contribution in [2.24, 2.45) is 12.8 Å². The van der Waals surface area contributed by atoms with Gasteiger partial charge in [-0.1, -0.05) is 0 Å². The topological polar surface area (TPSA) is 76.2 Å². The molecule has 6 heteroatoms. The molecule has 0 aromatic carbocycles. The lowest BCUT2D eigenvalue weighted by atomic mass is 10.1. The number of nitrogens with zero attached hydrogens (tertiary/aromatic N) is 3. The summed E-state index contributed by atoms with van der Waals surface area (Å²) in [4.78, 5) is 13.8. The first-order valence-corrected chi connectivity index (χ1v) is 5.67. The van der Waals surface area contributed by atoms with Gasteiger partial charge >= 0.3 is 0 Å². The number of amides is 1. The number of aryl methyl sites for hydroxylation is 1. The molecule has 0 radical (unpaired) electrons. The minimum absolute atomic E-state index is 0.156. The van der Waals surface area contributed by atoms with Crippen molar-refractivity contribution >= 4 is 5.91 Å². The van der Waals surface area contributed by atoms with Crippen molar-refractivity contribution in [2.45, 2.75) is 12.5 Å². The van der Waals surface area contributed by atoms with Crippen molar-refractivity contribution in [1.29, 1.82) is 0 Å². The Labute approximate surface area is 102 Å². The van der Waals surface area contributed by atoms with E-state index >= 15 is 0 Å². The summed E-state index contributed by atoms with van der Waals surface area (Å²) < 4.78 is 1.63. The molecule has 0 saturated heterocycles. The predicted molar refractivity (Wildman–Crippen MR) is 66.3 cm³/mol. The number of hydrogen-bond donors (Lipinski definition) is 2. The third-order valence-corrected chi connectivity index (χ3v) is 2.45. The zero-order valence-corrected chi connectivity index (χ0v) is 10.7. The van der Waals surface area contributed by atoms with Crippen LogP contribution >= 0.6 is 0 Å². The lowest BCUT2D eigenvalue weighted by Crippen LogP contribution is -2.35. The van der Waals surface area contributed by atoms with E-state index in [2.05, 4.69) is 15.3 Å². The summed E-state index contributed by atoms with van der Waals surface area (Å²) >= 11 is 0. The van der Waals surface area contributed by atoms with E-state index in [0.717, 1.165) is 18.5 Å². The molecular weight excluding hydrogens is 218 g/mol. The molecule has 1 aromatic rings. The SMILES string of the molecule is CN(C)CCCNC(=O)C(N)c1cnn(C)c1. The van der Waals surface area contributed by atoms with Gasteiger partial charge in [-0.25, -0.2) is 0 Å². The average molecular weight is 239 g/mol. The van der Waals surface area contributed by atoms with Gasteiger partial charge in [-0.2, -0.15) is 5.10 Å². The van der Waals surface area contributed by atoms with Gasteiger partial charge in [0.25, 0.3) is 0 Å². The van der Waals surface area contributed by atoms with Gasteiger partial charge in [-0.05, 0) is 27.1 Å². The van der Waals surface area contributed by atoms with Gasteiger partial charge in [0.1, 0.15) is 6.04 Å². The number of carbonyl (C=O) groups is 1. The summed E-state index contributed by atoms with van der Waals surface area (Å²) in [6, 6.07) is -0.636. The monoisotopic (exact) mass is 239 g/mol. The number of rotatable bonds is 6. The lowest BCUT2D eigenvalue weighted by Gasteiger charge is -2.12. The highest BCUT2D eigenvalue weighted by Crippen LogP contribution is 2.07. The van der Waals surface area contributed by atoms with Crippen LogP contribution in [0.5, 0.6) is 0 Å². The Balaban J connectivity index is 2.32. The fourth-order valence-electron chi connectivity index (χ4n) is 1.47. The number of nitrogens with one attached hydrogen (secondary N) is 1. The molecule has 1 rings (SSSR count). The molecule has 3 N–H and O–H groups in total. The van der Waals surface area contributed by atoms with Gasteiger partial charge < -0.3 is 16.0 Å². The summed E-state index contributed by atoms with van der Waals surface area (Å²) in [7, 11) is 5.80. The quantitative estimate of drug-likeness (QED) is 0.655. The lowest BCUT2D eigenvalue weighted by molar-refractivity contribution is -0.122. The Bertz CT molecular complexity index is 360. The maximum atomic E-state index is 11.7. The first-order valence-electron chi connectivity index (χ1n) is 5.67. The number of aromatic nitrogens is 2. The van der Waals surface area contributed by atoms with Crippen molar-refractivity contribution in [3.05, 3.63) is 18.0 Å². The first-order chi connectivity index (χ1) is 8.00. The van der Waals surface area contributed by atoms with Gasteiger partial charge in [0, 0.05) is 25.4 Å². The van der Waals surface area contributed by atoms with Crippen LogP contribution in [0.4, 0.5) is 0 Å². The summed E-state index contributed by atoms with van der Waals surface area (Å²) in [5, 5.41) is 6.81. The molecule has 1 aromatic heterocycles. The smallest absolute Gasteiger partial charge is 0.241 e. The van der Waals surface area contributed by atoms with E-state index in [0.29, 0.717) is 6.54 Å². The molecule has 1 unspecified atom stereocenters. The maximum Gasteiger partial charge on any atom is 0.241 e. The summed E-state index contributed by atoms with van der Waals surface area (Å²) in [5.74, 6) is -0.156. The van der Waals surface area contributed by atoms with Crippen molar-refractivity contribution < 1.29 is 4.79 Å². The third kappa shape index (κ3) is 4.54. The zero-order chi connectivity index (χ0) is 12.8. The van der Waals surface area contributed by atoms with Crippen LogP contribution in [-0.2, 0) is 11.8 Å². The van der Waals surface area contributed by atoms with Gasteiger partial charge in [0.05, 0.1) is 6.20 Å². The molecule has 0 bridgehead atoms. The number of carbonyl (C=O) groups excluding carboxylic acids is 1. The van der Waals surface area contributed by atoms with Crippen LogP contribution in [0.15, 0.2) is 12.4 Å². The molecule has 1 atom stereocenters. The van der Waals surface area contributed by atoms with Crippen LogP contribution in [0, 0.1) is 0 Å².